The Labute approximate surface area is 90.1 Å². The number of nitrogens with zero attached hydrogens (tertiary/aromatic N) is 2. The lowest BCUT2D eigenvalue weighted by atomic mass is 10.3. The van der Waals surface area contributed by atoms with E-state index >= 15 is 0 Å². The summed E-state index contributed by atoms with van der Waals surface area (Å²) in [5, 5.41) is 8.68. The highest BCUT2D eigenvalue weighted by Gasteiger charge is 2.03. The van der Waals surface area contributed by atoms with Crippen molar-refractivity contribution in [3.63, 3.8) is 0 Å². The first-order valence-electron chi connectivity index (χ1n) is 4.19. The number of pyridine rings is 1. The molecule has 0 aromatic carbocycles. The van der Waals surface area contributed by atoms with Crippen LogP contribution in [-0.4, -0.2) is 11.1 Å². The zero-order chi connectivity index (χ0) is 10.6. The van der Waals surface area contributed by atoms with Crippen LogP contribution >= 0.6 is 15.9 Å². The molecule has 74 valence electrons. The summed E-state index contributed by atoms with van der Waals surface area (Å²) >= 11 is 3.24. The van der Waals surface area contributed by atoms with Gasteiger partial charge >= 0.3 is 0 Å². The van der Waals surface area contributed by atoms with Gasteiger partial charge in [0.15, 0.2) is 0 Å². The summed E-state index contributed by atoms with van der Waals surface area (Å²) in [6.45, 7) is 1.07. The van der Waals surface area contributed by atoms with Gasteiger partial charge < -0.3 is 10.3 Å². The molecule has 0 aliphatic rings. The highest BCUT2D eigenvalue weighted by Crippen LogP contribution is 2.08. The summed E-state index contributed by atoms with van der Waals surface area (Å²) in [5.41, 5.74) is 5.23. The van der Waals surface area contributed by atoms with E-state index in [0.29, 0.717) is 13.1 Å². The molecule has 5 heteroatoms. The van der Waals surface area contributed by atoms with Gasteiger partial charge in [-0.2, -0.15) is 5.26 Å². The minimum Gasteiger partial charge on any atom is -0.330 e. The lowest BCUT2D eigenvalue weighted by Crippen LogP contribution is -2.23. The van der Waals surface area contributed by atoms with Crippen LogP contribution in [0, 0.1) is 11.3 Å². The van der Waals surface area contributed by atoms with Crippen LogP contribution in [-0.2, 0) is 6.54 Å². The third-order valence-corrected chi connectivity index (χ3v) is 2.21. The number of nitriles is 1. The number of aryl methyl sites for hydroxylation is 1. The van der Waals surface area contributed by atoms with Crippen molar-refractivity contribution < 1.29 is 0 Å². The molecule has 0 saturated carbocycles. The lowest BCUT2D eigenvalue weighted by Gasteiger charge is -2.05. The molecule has 0 saturated heterocycles. The minimum atomic E-state index is -0.260. The maximum absolute atomic E-state index is 11.5. The molecule has 0 aliphatic heterocycles. The average Bonchev–Trinajstić information content (AvgIpc) is 2.18. The number of hydrogen-bond donors (Lipinski definition) is 1. The van der Waals surface area contributed by atoms with E-state index in [9.17, 15) is 4.79 Å². The van der Waals surface area contributed by atoms with Crippen LogP contribution in [0.25, 0.3) is 0 Å². The molecular weight excluding hydrogens is 246 g/mol. The third kappa shape index (κ3) is 2.44. The van der Waals surface area contributed by atoms with E-state index in [4.69, 9.17) is 11.0 Å². The van der Waals surface area contributed by atoms with Gasteiger partial charge in [-0.25, -0.2) is 0 Å². The predicted molar refractivity (Wildman–Crippen MR) is 56.8 cm³/mol. The first-order chi connectivity index (χ1) is 6.69. The Morgan fingerprint density at radius 1 is 1.64 bits per heavy atom. The van der Waals surface area contributed by atoms with Crippen LogP contribution in [0.3, 0.4) is 0 Å². The van der Waals surface area contributed by atoms with Crippen LogP contribution in [0.2, 0.25) is 0 Å². The maximum Gasteiger partial charge on any atom is 0.268 e. The number of halogens is 1. The summed E-state index contributed by atoms with van der Waals surface area (Å²) in [5.74, 6) is 0. The van der Waals surface area contributed by atoms with E-state index in [-0.39, 0.29) is 11.1 Å². The molecule has 0 aliphatic carbocycles. The summed E-state index contributed by atoms with van der Waals surface area (Å²) in [4.78, 5) is 11.5. The van der Waals surface area contributed by atoms with Crippen molar-refractivity contribution in [2.45, 2.75) is 13.0 Å². The summed E-state index contributed by atoms with van der Waals surface area (Å²) < 4.78 is 2.22. The average molecular weight is 256 g/mol. The Morgan fingerprint density at radius 2 is 2.36 bits per heavy atom. The van der Waals surface area contributed by atoms with Crippen molar-refractivity contribution >= 4 is 15.9 Å². The van der Waals surface area contributed by atoms with Crippen molar-refractivity contribution in [2.75, 3.05) is 6.54 Å². The summed E-state index contributed by atoms with van der Waals surface area (Å²) in [7, 11) is 0. The second-order valence-electron chi connectivity index (χ2n) is 2.82. The van der Waals surface area contributed by atoms with Crippen molar-refractivity contribution in [3.05, 3.63) is 32.7 Å². The van der Waals surface area contributed by atoms with Crippen molar-refractivity contribution in [1.29, 1.82) is 5.26 Å². The van der Waals surface area contributed by atoms with E-state index in [2.05, 4.69) is 15.9 Å². The van der Waals surface area contributed by atoms with Gasteiger partial charge in [0, 0.05) is 17.2 Å². The maximum atomic E-state index is 11.5. The second kappa shape index (κ2) is 4.94. The molecule has 0 bridgehead atoms. The molecule has 4 nitrogen and oxygen atoms in total. The molecule has 2 N–H and O–H groups in total. The SMILES string of the molecule is N#Cc1cc(Br)cn(CCCN)c1=O. The van der Waals surface area contributed by atoms with Crippen molar-refractivity contribution in [3.8, 4) is 6.07 Å². The molecule has 0 amide bonds. The standard InChI is InChI=1S/C9H10BrN3O/c10-8-4-7(5-12)9(14)13(6-8)3-1-2-11/h4,6H,1-3,11H2. The molecule has 0 radical (unpaired) electrons. The molecule has 0 fully saturated rings. The molecular formula is C9H10BrN3O. The van der Waals surface area contributed by atoms with Gasteiger partial charge in [0.2, 0.25) is 0 Å². The zero-order valence-electron chi connectivity index (χ0n) is 7.53. The lowest BCUT2D eigenvalue weighted by molar-refractivity contribution is 0.627. The molecule has 1 aromatic rings. The van der Waals surface area contributed by atoms with Gasteiger partial charge in [0.05, 0.1) is 0 Å². The molecule has 1 rings (SSSR count). The summed E-state index contributed by atoms with van der Waals surface area (Å²) in [6, 6.07) is 3.37. The Morgan fingerprint density at radius 3 is 2.93 bits per heavy atom. The van der Waals surface area contributed by atoms with Gasteiger partial charge in [-0.05, 0) is 35.0 Å². The molecule has 0 atom stereocenters. The topological polar surface area (TPSA) is 71.8 Å². The normalized spacial score (nSPS) is 9.79. The fourth-order valence-electron chi connectivity index (χ4n) is 1.11. The molecule has 0 unspecified atom stereocenters. The van der Waals surface area contributed by atoms with Gasteiger partial charge in [-0.3, -0.25) is 4.79 Å². The van der Waals surface area contributed by atoms with Crippen LogP contribution < -0.4 is 11.3 Å². The molecule has 1 heterocycles. The van der Waals surface area contributed by atoms with Gasteiger partial charge in [0.1, 0.15) is 11.6 Å². The van der Waals surface area contributed by atoms with Crippen LogP contribution in [0.5, 0.6) is 0 Å². The zero-order valence-corrected chi connectivity index (χ0v) is 9.12. The Bertz CT molecular complexity index is 419. The van der Waals surface area contributed by atoms with Gasteiger partial charge in [-0.1, -0.05) is 0 Å². The number of nitrogens with two attached hydrogens (primary N) is 1. The molecule has 0 spiro atoms. The van der Waals surface area contributed by atoms with Crippen LogP contribution in [0.15, 0.2) is 21.5 Å². The summed E-state index contributed by atoms with van der Waals surface area (Å²) in [6.07, 6.45) is 2.39. The van der Waals surface area contributed by atoms with Crippen LogP contribution in [0.1, 0.15) is 12.0 Å². The highest BCUT2D eigenvalue weighted by atomic mass is 79.9. The highest BCUT2D eigenvalue weighted by molar-refractivity contribution is 9.10. The van der Waals surface area contributed by atoms with E-state index < -0.39 is 0 Å². The number of rotatable bonds is 3. The largest absolute Gasteiger partial charge is 0.330 e. The predicted octanol–water partition coefficient (Wildman–Crippen LogP) is 0.831. The Kier molecular flexibility index (Phi) is 3.86. The Hall–Kier alpha value is -1.12. The number of hydrogen-bond acceptors (Lipinski definition) is 3. The fraction of sp³-hybridized carbons (Fsp3) is 0.333. The van der Waals surface area contributed by atoms with E-state index in [1.165, 1.54) is 10.6 Å². The van der Waals surface area contributed by atoms with E-state index in [0.717, 1.165) is 10.9 Å². The smallest absolute Gasteiger partial charge is 0.268 e. The van der Waals surface area contributed by atoms with Crippen molar-refractivity contribution in [1.82, 2.24) is 4.57 Å². The Balaban J connectivity index is 3.11. The number of aromatic nitrogens is 1. The van der Waals surface area contributed by atoms with Gasteiger partial charge in [0.25, 0.3) is 5.56 Å². The fourth-order valence-corrected chi connectivity index (χ4v) is 1.58. The first-order valence-corrected chi connectivity index (χ1v) is 4.98. The van der Waals surface area contributed by atoms with Crippen molar-refractivity contribution in [2.24, 2.45) is 5.73 Å². The molecule has 14 heavy (non-hydrogen) atoms. The van der Waals surface area contributed by atoms with Gasteiger partial charge in [-0.15, -0.1) is 0 Å². The van der Waals surface area contributed by atoms with Crippen LogP contribution in [0.4, 0.5) is 0 Å². The molecule has 1 aromatic heterocycles. The third-order valence-electron chi connectivity index (χ3n) is 1.78. The monoisotopic (exact) mass is 255 g/mol. The first kappa shape index (κ1) is 11.0. The van der Waals surface area contributed by atoms with E-state index in [1.54, 1.807) is 6.20 Å². The quantitative estimate of drug-likeness (QED) is 0.870. The second-order valence-corrected chi connectivity index (χ2v) is 3.74. The van der Waals surface area contributed by atoms with E-state index in [1.807, 2.05) is 6.07 Å². The minimum absolute atomic E-state index is 0.149.